The number of hydrogen-bond acceptors (Lipinski definition) is 5. The van der Waals surface area contributed by atoms with Gasteiger partial charge in [0, 0.05) is 37.8 Å². The normalized spacial score (nSPS) is 20.5. The molecule has 5 nitrogen and oxygen atoms in total. The number of rotatable bonds is 2. The molecule has 0 N–H and O–H groups in total. The van der Waals surface area contributed by atoms with Crippen molar-refractivity contribution in [2.45, 2.75) is 12.8 Å². The fourth-order valence-corrected chi connectivity index (χ4v) is 2.49. The molecule has 0 bridgehead atoms. The maximum Gasteiger partial charge on any atom is 0.128 e. The Morgan fingerprint density at radius 1 is 1.05 bits per heavy atom. The largest absolute Gasteiger partial charge is 0.378 e. The number of pyridine rings is 1. The molecule has 1 aromatic heterocycles. The van der Waals surface area contributed by atoms with Crippen molar-refractivity contribution >= 4 is 11.5 Å². The second kappa shape index (κ2) is 6.02. The van der Waals surface area contributed by atoms with Gasteiger partial charge in [0.1, 0.15) is 5.82 Å². The number of nitrogens with zero attached hydrogens (tertiary/aromatic N) is 4. The molecule has 0 amide bonds. The molecule has 0 unspecified atom stereocenters. The Hall–Kier alpha value is -1.62. The van der Waals surface area contributed by atoms with E-state index in [2.05, 4.69) is 21.0 Å². The van der Waals surface area contributed by atoms with Gasteiger partial charge in [-0.25, -0.2) is 4.98 Å². The molecule has 5 heteroatoms. The van der Waals surface area contributed by atoms with Crippen LogP contribution in [0, 0.1) is 0 Å². The lowest BCUT2D eigenvalue weighted by Gasteiger charge is -2.31. The molecule has 3 rings (SSSR count). The fraction of sp³-hybridized carbons (Fsp3) is 0.571. The van der Waals surface area contributed by atoms with E-state index in [0.717, 1.165) is 58.1 Å². The summed E-state index contributed by atoms with van der Waals surface area (Å²) in [5.41, 5.74) is 1.31. The summed E-state index contributed by atoms with van der Waals surface area (Å²) in [6, 6.07) is 6.07. The van der Waals surface area contributed by atoms with Crippen LogP contribution in [-0.2, 0) is 4.74 Å². The van der Waals surface area contributed by atoms with Gasteiger partial charge in [-0.2, -0.15) is 5.10 Å². The fourth-order valence-electron chi connectivity index (χ4n) is 2.49. The highest BCUT2D eigenvalue weighted by Gasteiger charge is 2.17. The highest BCUT2D eigenvalue weighted by atomic mass is 16.5. The molecule has 0 aromatic carbocycles. The predicted molar refractivity (Wildman–Crippen MR) is 75.5 cm³/mol. The Kier molecular flexibility index (Phi) is 3.93. The number of morpholine rings is 1. The second-order valence-corrected chi connectivity index (χ2v) is 4.91. The van der Waals surface area contributed by atoms with Gasteiger partial charge in [0.15, 0.2) is 0 Å². The Morgan fingerprint density at radius 2 is 1.84 bits per heavy atom. The number of ether oxygens (including phenoxy) is 1. The molecule has 102 valence electrons. The van der Waals surface area contributed by atoms with E-state index in [9.17, 15) is 0 Å². The minimum absolute atomic E-state index is 0.802. The van der Waals surface area contributed by atoms with Crippen molar-refractivity contribution < 1.29 is 4.74 Å². The van der Waals surface area contributed by atoms with Crippen molar-refractivity contribution in [2.24, 2.45) is 5.10 Å². The van der Waals surface area contributed by atoms with Crippen molar-refractivity contribution in [2.75, 3.05) is 44.3 Å². The summed E-state index contributed by atoms with van der Waals surface area (Å²) >= 11 is 0. The number of aromatic nitrogens is 1. The zero-order chi connectivity index (χ0) is 12.9. The lowest BCUT2D eigenvalue weighted by Crippen LogP contribution is -2.37. The van der Waals surface area contributed by atoms with Crippen molar-refractivity contribution in [1.82, 2.24) is 9.99 Å². The zero-order valence-corrected chi connectivity index (χ0v) is 11.2. The van der Waals surface area contributed by atoms with Gasteiger partial charge in [-0.05, 0) is 12.1 Å². The summed E-state index contributed by atoms with van der Waals surface area (Å²) in [5, 5.41) is 6.89. The Bertz CT molecular complexity index is 418. The minimum Gasteiger partial charge on any atom is -0.378 e. The van der Waals surface area contributed by atoms with E-state index in [-0.39, 0.29) is 0 Å². The summed E-state index contributed by atoms with van der Waals surface area (Å²) in [5.74, 6) is 1.08. The molecular weight excluding hydrogens is 240 g/mol. The number of piperidine rings is 1. The molecule has 0 aliphatic carbocycles. The van der Waals surface area contributed by atoms with Crippen LogP contribution >= 0.6 is 0 Å². The second-order valence-electron chi connectivity index (χ2n) is 4.91. The summed E-state index contributed by atoms with van der Waals surface area (Å²) in [6.45, 7) is 5.48. The SMILES string of the molecule is c1ccc(N2CCC(=NN3CCOCC3)CC2)nc1. The average molecular weight is 260 g/mol. The molecule has 2 aliphatic heterocycles. The van der Waals surface area contributed by atoms with Crippen LogP contribution in [0.15, 0.2) is 29.5 Å². The van der Waals surface area contributed by atoms with Gasteiger partial charge >= 0.3 is 0 Å². The third-order valence-corrected chi connectivity index (χ3v) is 3.58. The molecule has 0 saturated carbocycles. The van der Waals surface area contributed by atoms with Crippen LogP contribution in [0.25, 0.3) is 0 Å². The Labute approximate surface area is 113 Å². The first-order chi connectivity index (χ1) is 9.42. The van der Waals surface area contributed by atoms with E-state index in [0.29, 0.717) is 0 Å². The smallest absolute Gasteiger partial charge is 0.128 e. The van der Waals surface area contributed by atoms with Crippen LogP contribution in [-0.4, -0.2) is 55.1 Å². The third kappa shape index (κ3) is 3.23. The maximum atomic E-state index is 5.34. The van der Waals surface area contributed by atoms with Gasteiger partial charge in [0.05, 0.1) is 26.3 Å². The highest BCUT2D eigenvalue weighted by Crippen LogP contribution is 2.16. The summed E-state index contributed by atoms with van der Waals surface area (Å²) < 4.78 is 5.34. The molecule has 2 aliphatic rings. The molecule has 1 aromatic rings. The van der Waals surface area contributed by atoms with Crippen molar-refractivity contribution in [1.29, 1.82) is 0 Å². The summed E-state index contributed by atoms with van der Waals surface area (Å²) in [6.07, 6.45) is 3.93. The van der Waals surface area contributed by atoms with Crippen LogP contribution in [0.5, 0.6) is 0 Å². The van der Waals surface area contributed by atoms with E-state index < -0.39 is 0 Å². The van der Waals surface area contributed by atoms with E-state index in [1.54, 1.807) is 0 Å². The van der Waals surface area contributed by atoms with Crippen LogP contribution in [0.4, 0.5) is 5.82 Å². The molecule has 3 heterocycles. The molecule has 0 atom stereocenters. The van der Waals surface area contributed by atoms with Crippen LogP contribution in [0.1, 0.15) is 12.8 Å². The van der Waals surface area contributed by atoms with E-state index in [4.69, 9.17) is 9.84 Å². The molecule has 0 radical (unpaired) electrons. The topological polar surface area (TPSA) is 41.0 Å². The minimum atomic E-state index is 0.802. The number of anilines is 1. The van der Waals surface area contributed by atoms with Crippen molar-refractivity contribution in [3.8, 4) is 0 Å². The van der Waals surface area contributed by atoms with E-state index >= 15 is 0 Å². The van der Waals surface area contributed by atoms with Crippen LogP contribution < -0.4 is 4.90 Å². The van der Waals surface area contributed by atoms with E-state index in [1.807, 2.05) is 18.3 Å². The van der Waals surface area contributed by atoms with E-state index in [1.165, 1.54) is 5.71 Å². The Morgan fingerprint density at radius 3 is 2.53 bits per heavy atom. The maximum absolute atomic E-state index is 5.34. The van der Waals surface area contributed by atoms with Gasteiger partial charge in [-0.1, -0.05) is 6.07 Å². The van der Waals surface area contributed by atoms with Crippen LogP contribution in [0.2, 0.25) is 0 Å². The quantitative estimate of drug-likeness (QED) is 0.805. The third-order valence-electron chi connectivity index (χ3n) is 3.58. The van der Waals surface area contributed by atoms with Crippen LogP contribution in [0.3, 0.4) is 0 Å². The summed E-state index contributed by atoms with van der Waals surface area (Å²) in [4.78, 5) is 6.73. The first-order valence-corrected chi connectivity index (χ1v) is 6.97. The monoisotopic (exact) mass is 260 g/mol. The predicted octanol–water partition coefficient (Wildman–Crippen LogP) is 1.37. The zero-order valence-electron chi connectivity index (χ0n) is 11.2. The molecular formula is C14H20N4O. The first kappa shape index (κ1) is 12.4. The lowest BCUT2D eigenvalue weighted by atomic mass is 10.1. The lowest BCUT2D eigenvalue weighted by molar-refractivity contribution is 0.0391. The Balaban J connectivity index is 1.55. The molecule has 0 spiro atoms. The standard InChI is InChI=1S/C14H20N4O/c1-2-6-15-14(3-1)17-7-4-13(5-8-17)16-18-9-11-19-12-10-18/h1-3,6H,4-5,7-12H2. The van der Waals surface area contributed by atoms with Gasteiger partial charge in [-0.3, -0.25) is 5.01 Å². The molecule has 2 fully saturated rings. The highest BCUT2D eigenvalue weighted by molar-refractivity contribution is 5.86. The van der Waals surface area contributed by atoms with Gasteiger partial charge < -0.3 is 9.64 Å². The van der Waals surface area contributed by atoms with Crippen molar-refractivity contribution in [3.05, 3.63) is 24.4 Å². The summed E-state index contributed by atoms with van der Waals surface area (Å²) in [7, 11) is 0. The van der Waals surface area contributed by atoms with Gasteiger partial charge in [0.2, 0.25) is 0 Å². The number of hydrogen-bond donors (Lipinski definition) is 0. The van der Waals surface area contributed by atoms with Gasteiger partial charge in [0.25, 0.3) is 0 Å². The molecule has 2 saturated heterocycles. The molecule has 19 heavy (non-hydrogen) atoms. The number of hydrazone groups is 1. The van der Waals surface area contributed by atoms with Crippen molar-refractivity contribution in [3.63, 3.8) is 0 Å². The first-order valence-electron chi connectivity index (χ1n) is 6.97. The van der Waals surface area contributed by atoms with Gasteiger partial charge in [-0.15, -0.1) is 0 Å². The average Bonchev–Trinajstić information content (AvgIpc) is 2.50.